The fourth-order valence-corrected chi connectivity index (χ4v) is 5.51. The van der Waals surface area contributed by atoms with Gasteiger partial charge < -0.3 is 15.7 Å². The van der Waals surface area contributed by atoms with Crippen LogP contribution in [-0.4, -0.2) is 24.2 Å². The minimum atomic E-state index is 0.335. The van der Waals surface area contributed by atoms with E-state index in [0.717, 1.165) is 37.5 Å². The Morgan fingerprint density at radius 2 is 2.22 bits per heavy atom. The van der Waals surface area contributed by atoms with Gasteiger partial charge in [-0.3, -0.25) is 0 Å². The fraction of sp³-hybridized carbons (Fsp3) is 0.700. The van der Waals surface area contributed by atoms with Crippen molar-refractivity contribution in [1.29, 1.82) is 0 Å². The number of nitrogens with one attached hydrogen (secondary N) is 2. The topological polar surface area (TPSA) is 44.3 Å². The second-order valence-electron chi connectivity index (χ2n) is 7.83. The molecular formula is C20H30N2O. The van der Waals surface area contributed by atoms with E-state index >= 15 is 0 Å². The molecule has 0 unspecified atom stereocenters. The van der Waals surface area contributed by atoms with Crippen molar-refractivity contribution in [2.24, 2.45) is 5.92 Å². The first-order valence-corrected chi connectivity index (χ1v) is 9.58. The molecule has 1 saturated heterocycles. The van der Waals surface area contributed by atoms with Gasteiger partial charge in [-0.2, -0.15) is 0 Å². The highest BCUT2D eigenvalue weighted by atomic mass is 16.3. The summed E-state index contributed by atoms with van der Waals surface area (Å²) in [5.74, 6) is 1.23. The van der Waals surface area contributed by atoms with Crippen molar-refractivity contribution >= 4 is 5.69 Å². The Kier molecular flexibility index (Phi) is 4.00. The van der Waals surface area contributed by atoms with Crippen LogP contribution in [0.25, 0.3) is 0 Å². The summed E-state index contributed by atoms with van der Waals surface area (Å²) in [5.41, 5.74) is 4.21. The minimum Gasteiger partial charge on any atom is -0.506 e. The average molecular weight is 314 g/mol. The van der Waals surface area contributed by atoms with Crippen LogP contribution in [0.4, 0.5) is 5.69 Å². The van der Waals surface area contributed by atoms with Gasteiger partial charge in [0.15, 0.2) is 0 Å². The second-order valence-corrected chi connectivity index (χ2v) is 7.83. The molecule has 0 radical (unpaired) electrons. The Labute approximate surface area is 139 Å². The van der Waals surface area contributed by atoms with Crippen molar-refractivity contribution in [3.63, 3.8) is 0 Å². The lowest BCUT2D eigenvalue weighted by molar-refractivity contribution is 0.0796. The number of anilines is 1. The largest absolute Gasteiger partial charge is 0.506 e. The van der Waals surface area contributed by atoms with Crippen molar-refractivity contribution in [3.8, 4) is 5.75 Å². The highest BCUT2D eigenvalue weighted by molar-refractivity contribution is 5.62. The summed E-state index contributed by atoms with van der Waals surface area (Å²) in [6.45, 7) is 4.28. The standard InChI is InChI=1S/C20H30N2O/c1-2-3-9-21-18-12-14-11-17-15-6-4-5-7-20(15,8-10-22-17)16(14)13-19(18)23/h12-13,15,17,21-23H,2-11H2,1H3/t15-,17+,20+/m1/s1. The normalized spacial score (nSPS) is 32.0. The van der Waals surface area contributed by atoms with Gasteiger partial charge in [-0.25, -0.2) is 0 Å². The molecule has 1 aromatic carbocycles. The molecule has 1 aromatic rings. The van der Waals surface area contributed by atoms with Gasteiger partial charge in [0, 0.05) is 18.0 Å². The molecule has 2 aliphatic carbocycles. The van der Waals surface area contributed by atoms with Gasteiger partial charge in [0.2, 0.25) is 0 Å². The maximum Gasteiger partial charge on any atom is 0.138 e. The third-order valence-corrected chi connectivity index (χ3v) is 6.60. The summed E-state index contributed by atoms with van der Waals surface area (Å²) in [6.07, 6.45) is 10.1. The summed E-state index contributed by atoms with van der Waals surface area (Å²) >= 11 is 0. The third kappa shape index (κ3) is 2.44. The predicted octanol–water partition coefficient (Wildman–Crippen LogP) is 3.95. The fourth-order valence-electron chi connectivity index (χ4n) is 5.51. The highest BCUT2D eigenvalue weighted by Gasteiger charge is 2.51. The summed E-state index contributed by atoms with van der Waals surface area (Å²) in [5, 5.41) is 17.8. The first-order chi connectivity index (χ1) is 11.2. The van der Waals surface area contributed by atoms with Crippen LogP contribution < -0.4 is 10.6 Å². The molecule has 0 spiro atoms. The van der Waals surface area contributed by atoms with Gasteiger partial charge in [0.1, 0.15) is 5.75 Å². The van der Waals surface area contributed by atoms with Gasteiger partial charge in [-0.05, 0) is 67.8 Å². The summed E-state index contributed by atoms with van der Waals surface area (Å²) in [7, 11) is 0. The van der Waals surface area contributed by atoms with Crippen LogP contribution in [0.3, 0.4) is 0 Å². The SMILES string of the molecule is CCCCNc1cc2c(cc1O)[C@]13CCCC[C@@H]1[C@H](C2)NCC3. The van der Waals surface area contributed by atoms with Crippen molar-refractivity contribution in [3.05, 3.63) is 23.3 Å². The average Bonchev–Trinajstić information content (AvgIpc) is 2.56. The molecule has 126 valence electrons. The van der Waals surface area contributed by atoms with E-state index < -0.39 is 0 Å². The van der Waals surface area contributed by atoms with E-state index in [1.54, 1.807) is 0 Å². The quantitative estimate of drug-likeness (QED) is 0.582. The molecule has 2 bridgehead atoms. The van der Waals surface area contributed by atoms with E-state index in [1.807, 2.05) is 0 Å². The number of benzene rings is 1. The molecule has 1 saturated carbocycles. The van der Waals surface area contributed by atoms with Crippen LogP contribution in [0.1, 0.15) is 63.0 Å². The molecule has 23 heavy (non-hydrogen) atoms. The molecular weight excluding hydrogens is 284 g/mol. The molecule has 3 N–H and O–H groups in total. The smallest absolute Gasteiger partial charge is 0.138 e. The summed E-state index contributed by atoms with van der Waals surface area (Å²) < 4.78 is 0. The first kappa shape index (κ1) is 15.3. The van der Waals surface area contributed by atoms with Gasteiger partial charge in [0.25, 0.3) is 0 Å². The van der Waals surface area contributed by atoms with E-state index in [2.05, 4.69) is 29.7 Å². The third-order valence-electron chi connectivity index (χ3n) is 6.60. The van der Waals surface area contributed by atoms with Crippen LogP contribution in [0, 0.1) is 5.92 Å². The molecule has 3 heteroatoms. The number of rotatable bonds is 4. The zero-order valence-electron chi connectivity index (χ0n) is 14.3. The number of unbranched alkanes of at least 4 members (excludes halogenated alkanes) is 1. The number of aromatic hydroxyl groups is 1. The Balaban J connectivity index is 1.71. The lowest BCUT2D eigenvalue weighted by atomic mass is 9.53. The Bertz CT molecular complexity index is 581. The Morgan fingerprint density at radius 3 is 3.09 bits per heavy atom. The maximum atomic E-state index is 10.6. The van der Waals surface area contributed by atoms with E-state index in [1.165, 1.54) is 49.7 Å². The molecule has 3 atom stereocenters. The molecule has 1 heterocycles. The Morgan fingerprint density at radius 1 is 1.30 bits per heavy atom. The van der Waals surface area contributed by atoms with Crippen molar-refractivity contribution < 1.29 is 5.11 Å². The highest BCUT2D eigenvalue weighted by Crippen LogP contribution is 2.55. The number of hydrogen-bond donors (Lipinski definition) is 3. The van der Waals surface area contributed by atoms with Crippen LogP contribution in [0.15, 0.2) is 12.1 Å². The molecule has 1 aliphatic heterocycles. The van der Waals surface area contributed by atoms with Crippen LogP contribution in [0.5, 0.6) is 5.75 Å². The van der Waals surface area contributed by atoms with Gasteiger partial charge in [-0.15, -0.1) is 0 Å². The van der Waals surface area contributed by atoms with Gasteiger partial charge in [-0.1, -0.05) is 26.2 Å². The van der Waals surface area contributed by atoms with E-state index in [4.69, 9.17) is 0 Å². The lowest BCUT2D eigenvalue weighted by Gasteiger charge is -2.56. The maximum absolute atomic E-state index is 10.6. The number of phenols is 1. The molecule has 3 aliphatic rings. The number of piperidine rings is 1. The number of hydrogen-bond acceptors (Lipinski definition) is 3. The zero-order chi connectivity index (χ0) is 15.9. The van der Waals surface area contributed by atoms with E-state index in [-0.39, 0.29) is 0 Å². The second kappa shape index (κ2) is 6.01. The Hall–Kier alpha value is -1.22. The van der Waals surface area contributed by atoms with Gasteiger partial charge in [0.05, 0.1) is 5.69 Å². The predicted molar refractivity (Wildman–Crippen MR) is 95.3 cm³/mol. The zero-order valence-corrected chi connectivity index (χ0v) is 14.3. The summed E-state index contributed by atoms with van der Waals surface area (Å²) in [6, 6.07) is 5.00. The molecule has 3 nitrogen and oxygen atoms in total. The van der Waals surface area contributed by atoms with Crippen molar-refractivity contribution in [2.75, 3.05) is 18.4 Å². The lowest BCUT2D eigenvalue weighted by Crippen LogP contribution is -2.59. The van der Waals surface area contributed by atoms with Crippen LogP contribution >= 0.6 is 0 Å². The van der Waals surface area contributed by atoms with Gasteiger partial charge >= 0.3 is 0 Å². The van der Waals surface area contributed by atoms with Crippen LogP contribution in [-0.2, 0) is 11.8 Å². The van der Waals surface area contributed by atoms with Crippen molar-refractivity contribution in [1.82, 2.24) is 5.32 Å². The van der Waals surface area contributed by atoms with Crippen molar-refractivity contribution in [2.45, 2.75) is 69.7 Å². The number of fused-ring (bicyclic) bond motifs is 1. The molecule has 4 rings (SSSR count). The van der Waals surface area contributed by atoms with Crippen LogP contribution in [0.2, 0.25) is 0 Å². The molecule has 0 aromatic heterocycles. The number of phenolic OH excluding ortho intramolecular Hbond substituents is 1. The van der Waals surface area contributed by atoms with E-state index in [9.17, 15) is 5.11 Å². The minimum absolute atomic E-state index is 0.335. The molecule has 2 fully saturated rings. The summed E-state index contributed by atoms with van der Waals surface area (Å²) in [4.78, 5) is 0. The monoisotopic (exact) mass is 314 g/mol. The molecule has 0 amide bonds. The van der Waals surface area contributed by atoms with E-state index in [0.29, 0.717) is 17.2 Å². The first-order valence-electron chi connectivity index (χ1n) is 9.58.